The number of carbonyl (C=O) groups is 1. The molecule has 2 saturated carbocycles. The summed E-state index contributed by atoms with van der Waals surface area (Å²) in [6, 6.07) is 0.856. The Labute approximate surface area is 121 Å². The quantitative estimate of drug-likeness (QED) is 0.780. The van der Waals surface area contributed by atoms with E-state index < -0.39 is 6.09 Å². The second kappa shape index (κ2) is 5.76. The van der Waals surface area contributed by atoms with Gasteiger partial charge in [-0.1, -0.05) is 25.7 Å². The molecule has 1 amide bonds. The Balaban J connectivity index is 1.73. The molecule has 4 nitrogen and oxygen atoms in total. The summed E-state index contributed by atoms with van der Waals surface area (Å²) in [6.07, 6.45) is 15.6. The van der Waals surface area contributed by atoms with Crippen molar-refractivity contribution >= 4 is 6.09 Å². The van der Waals surface area contributed by atoms with Crippen LogP contribution in [0.3, 0.4) is 0 Å². The molecular weight excluding hydrogens is 252 g/mol. The predicted octanol–water partition coefficient (Wildman–Crippen LogP) is 3.89. The third-order valence-electron chi connectivity index (χ3n) is 5.55. The molecule has 1 N–H and O–H groups in total. The Hall–Kier alpha value is -1.03. The van der Waals surface area contributed by atoms with Crippen LogP contribution in [0.2, 0.25) is 0 Å². The van der Waals surface area contributed by atoms with Crippen molar-refractivity contribution in [1.29, 1.82) is 0 Å². The van der Waals surface area contributed by atoms with Crippen LogP contribution < -0.4 is 0 Å². The highest BCUT2D eigenvalue weighted by atomic mass is 16.4. The van der Waals surface area contributed by atoms with Crippen molar-refractivity contribution in [2.24, 2.45) is 0 Å². The second-order valence-corrected chi connectivity index (χ2v) is 6.75. The fourth-order valence-electron chi connectivity index (χ4n) is 4.28. The largest absolute Gasteiger partial charge is 0.520 e. The van der Waals surface area contributed by atoms with Gasteiger partial charge in [0.2, 0.25) is 0 Å². The maximum Gasteiger partial charge on any atom is 0.520 e. The van der Waals surface area contributed by atoms with E-state index in [4.69, 9.17) is 0 Å². The van der Waals surface area contributed by atoms with E-state index in [1.807, 2.05) is 6.20 Å². The Morgan fingerprint density at radius 3 is 2.20 bits per heavy atom. The van der Waals surface area contributed by atoms with Gasteiger partial charge in [-0.05, 0) is 25.7 Å². The van der Waals surface area contributed by atoms with E-state index in [1.165, 1.54) is 51.4 Å². The maximum absolute atomic E-state index is 11.9. The van der Waals surface area contributed by atoms with Crippen LogP contribution in [0.15, 0.2) is 12.4 Å². The van der Waals surface area contributed by atoms with Gasteiger partial charge < -0.3 is 10.0 Å². The number of quaternary nitrogens is 1. The summed E-state index contributed by atoms with van der Waals surface area (Å²) in [5, 5.41) is 9.83. The maximum atomic E-state index is 11.9. The average Bonchev–Trinajstić information content (AvgIpc) is 2.96. The first-order chi connectivity index (χ1) is 9.72. The summed E-state index contributed by atoms with van der Waals surface area (Å²) in [5.74, 6) is 0. The summed E-state index contributed by atoms with van der Waals surface area (Å²) in [7, 11) is 0. The van der Waals surface area contributed by atoms with E-state index in [-0.39, 0.29) is 10.5 Å². The molecule has 0 aromatic heterocycles. The molecule has 0 spiro atoms. The first kappa shape index (κ1) is 13.9. The molecule has 0 saturated heterocycles. The van der Waals surface area contributed by atoms with Crippen LogP contribution in [0.4, 0.5) is 4.79 Å². The van der Waals surface area contributed by atoms with Gasteiger partial charge in [0.15, 0.2) is 6.67 Å². The van der Waals surface area contributed by atoms with E-state index in [2.05, 4.69) is 11.1 Å². The lowest BCUT2D eigenvalue weighted by molar-refractivity contribution is -0.837. The minimum absolute atomic E-state index is 0.163. The first-order valence-corrected chi connectivity index (χ1v) is 8.28. The Kier molecular flexibility index (Phi) is 4.01. The van der Waals surface area contributed by atoms with Gasteiger partial charge in [0, 0.05) is 18.9 Å². The van der Waals surface area contributed by atoms with Gasteiger partial charge in [-0.25, -0.2) is 0 Å². The molecular formula is C16H27N2O2+. The lowest BCUT2D eigenvalue weighted by Gasteiger charge is -2.39. The van der Waals surface area contributed by atoms with Crippen molar-refractivity contribution in [1.82, 2.24) is 4.90 Å². The number of rotatable bonds is 2. The van der Waals surface area contributed by atoms with Crippen molar-refractivity contribution in [2.45, 2.75) is 76.3 Å². The van der Waals surface area contributed by atoms with Crippen LogP contribution in [0.5, 0.6) is 0 Å². The highest BCUT2D eigenvalue weighted by Gasteiger charge is 2.48. The third kappa shape index (κ3) is 2.46. The van der Waals surface area contributed by atoms with Crippen molar-refractivity contribution in [3.8, 4) is 0 Å². The van der Waals surface area contributed by atoms with Gasteiger partial charge in [-0.3, -0.25) is 0 Å². The summed E-state index contributed by atoms with van der Waals surface area (Å²) >= 11 is 0. The molecule has 0 aromatic carbocycles. The summed E-state index contributed by atoms with van der Waals surface area (Å²) in [6.45, 7) is 0.657. The molecule has 2 fully saturated rings. The van der Waals surface area contributed by atoms with Crippen LogP contribution >= 0.6 is 0 Å². The Morgan fingerprint density at radius 2 is 1.60 bits per heavy atom. The molecule has 1 aliphatic heterocycles. The van der Waals surface area contributed by atoms with Crippen molar-refractivity contribution < 1.29 is 14.4 Å². The number of amides is 1. The second-order valence-electron chi connectivity index (χ2n) is 6.75. The lowest BCUT2D eigenvalue weighted by atomic mass is 9.93. The SMILES string of the molecule is O=C(O)[N+]1(C2CCCCC2)C=CN(C2CCCCC2)C1. The van der Waals surface area contributed by atoms with Gasteiger partial charge in [0.1, 0.15) is 12.2 Å². The molecule has 3 rings (SSSR count). The standard InChI is InChI=1S/C16H26N2O2/c19-16(20)18(15-9-5-2-6-10-15)12-11-17(13-18)14-7-3-1-4-8-14/h11-12,14-15H,1-10,13H2/p+1. The monoisotopic (exact) mass is 279 g/mol. The average molecular weight is 279 g/mol. The minimum atomic E-state index is -0.661. The molecule has 1 atom stereocenters. The van der Waals surface area contributed by atoms with Crippen LogP contribution in [0.25, 0.3) is 0 Å². The predicted molar refractivity (Wildman–Crippen MR) is 77.9 cm³/mol. The van der Waals surface area contributed by atoms with E-state index in [9.17, 15) is 9.90 Å². The van der Waals surface area contributed by atoms with Gasteiger partial charge in [-0.15, -0.1) is 0 Å². The van der Waals surface area contributed by atoms with Crippen molar-refractivity contribution in [3.63, 3.8) is 0 Å². The van der Waals surface area contributed by atoms with E-state index in [1.54, 1.807) is 0 Å². The van der Waals surface area contributed by atoms with Gasteiger partial charge in [-0.2, -0.15) is 9.28 Å². The lowest BCUT2D eigenvalue weighted by Crippen LogP contribution is -2.57. The number of carboxylic acid groups (broad SMARTS) is 1. The summed E-state index contributed by atoms with van der Waals surface area (Å²) in [4.78, 5) is 14.3. The van der Waals surface area contributed by atoms with Crippen molar-refractivity contribution in [2.75, 3.05) is 6.67 Å². The number of hydrogen-bond acceptors (Lipinski definition) is 2. The van der Waals surface area contributed by atoms with Crippen LogP contribution in [0.1, 0.15) is 64.2 Å². The number of hydrogen-bond donors (Lipinski definition) is 1. The zero-order chi connectivity index (χ0) is 14.0. The van der Waals surface area contributed by atoms with Crippen LogP contribution in [-0.4, -0.2) is 39.3 Å². The zero-order valence-corrected chi connectivity index (χ0v) is 12.3. The summed E-state index contributed by atoms with van der Waals surface area (Å²) < 4.78 is 0.163. The molecule has 4 heteroatoms. The highest BCUT2D eigenvalue weighted by Crippen LogP contribution is 2.35. The van der Waals surface area contributed by atoms with Crippen molar-refractivity contribution in [3.05, 3.63) is 12.4 Å². The number of nitrogens with zero attached hydrogens (tertiary/aromatic N) is 2. The molecule has 3 aliphatic rings. The van der Waals surface area contributed by atoms with Crippen LogP contribution in [-0.2, 0) is 0 Å². The Bertz CT molecular complexity index is 384. The normalized spacial score (nSPS) is 32.7. The molecule has 20 heavy (non-hydrogen) atoms. The highest BCUT2D eigenvalue weighted by molar-refractivity contribution is 5.58. The molecule has 112 valence electrons. The minimum Gasteiger partial charge on any atom is -0.435 e. The van der Waals surface area contributed by atoms with E-state index >= 15 is 0 Å². The fraction of sp³-hybridized carbons (Fsp3) is 0.812. The molecule has 0 aromatic rings. The summed E-state index contributed by atoms with van der Waals surface area (Å²) in [5.41, 5.74) is 0. The Morgan fingerprint density at radius 1 is 1.00 bits per heavy atom. The fourth-order valence-corrected chi connectivity index (χ4v) is 4.28. The molecule has 0 bridgehead atoms. The van der Waals surface area contributed by atoms with Gasteiger partial charge in [0.05, 0.1) is 6.20 Å². The smallest absolute Gasteiger partial charge is 0.435 e. The van der Waals surface area contributed by atoms with Crippen LogP contribution in [0, 0.1) is 0 Å². The molecule has 0 radical (unpaired) electrons. The van der Waals surface area contributed by atoms with E-state index in [0.29, 0.717) is 12.7 Å². The topological polar surface area (TPSA) is 40.5 Å². The molecule has 1 unspecified atom stereocenters. The van der Waals surface area contributed by atoms with Gasteiger partial charge in [0.25, 0.3) is 0 Å². The first-order valence-electron chi connectivity index (χ1n) is 8.28. The molecule has 2 aliphatic carbocycles. The zero-order valence-electron chi connectivity index (χ0n) is 12.3. The third-order valence-corrected chi connectivity index (χ3v) is 5.55. The molecule has 1 heterocycles. The van der Waals surface area contributed by atoms with Gasteiger partial charge >= 0.3 is 6.09 Å². The van der Waals surface area contributed by atoms with E-state index in [0.717, 1.165) is 12.8 Å².